The van der Waals surface area contributed by atoms with Crippen LogP contribution in [-0.4, -0.2) is 42.6 Å². The minimum atomic E-state index is -0.344. The van der Waals surface area contributed by atoms with Crippen LogP contribution in [0.4, 0.5) is 4.39 Å². The molecule has 0 aliphatic carbocycles. The van der Waals surface area contributed by atoms with E-state index in [1.807, 2.05) is 17.8 Å². The number of hydrogen-bond donors (Lipinski definition) is 1. The third-order valence-corrected chi connectivity index (χ3v) is 4.07. The molecule has 0 amide bonds. The van der Waals surface area contributed by atoms with Crippen molar-refractivity contribution >= 4 is 11.8 Å². The second-order valence-corrected chi connectivity index (χ2v) is 5.82. The number of halogens is 1. The van der Waals surface area contributed by atoms with Gasteiger partial charge in [-0.05, 0) is 23.8 Å². The van der Waals surface area contributed by atoms with Gasteiger partial charge in [0.1, 0.15) is 5.82 Å². The lowest BCUT2D eigenvalue weighted by atomic mass is 10.1. The Balaban J connectivity index is 1.73. The highest BCUT2D eigenvalue weighted by Gasteiger charge is 2.09. The zero-order chi connectivity index (χ0) is 13.5. The first-order valence-electron chi connectivity index (χ1n) is 6.48. The summed E-state index contributed by atoms with van der Waals surface area (Å²) >= 11 is 2.01. The van der Waals surface area contributed by atoms with Gasteiger partial charge in [0.2, 0.25) is 0 Å². The molecule has 0 saturated carbocycles. The van der Waals surface area contributed by atoms with Gasteiger partial charge in [0.25, 0.3) is 0 Å². The van der Waals surface area contributed by atoms with E-state index in [1.54, 1.807) is 6.07 Å². The van der Waals surface area contributed by atoms with Crippen molar-refractivity contribution in [3.05, 3.63) is 35.1 Å². The number of thioether (sulfide) groups is 1. The highest BCUT2D eigenvalue weighted by atomic mass is 32.2. The molecule has 1 heterocycles. The Morgan fingerprint density at radius 3 is 2.84 bits per heavy atom. The third kappa shape index (κ3) is 4.83. The lowest BCUT2D eigenvalue weighted by molar-refractivity contribution is 0.301. The van der Waals surface area contributed by atoms with Crippen LogP contribution in [0, 0.1) is 17.1 Å². The van der Waals surface area contributed by atoms with Gasteiger partial charge in [0.15, 0.2) is 0 Å². The van der Waals surface area contributed by atoms with Crippen molar-refractivity contribution in [1.29, 1.82) is 5.26 Å². The first-order valence-corrected chi connectivity index (χ1v) is 7.64. The average molecular weight is 279 g/mol. The molecule has 1 N–H and O–H groups in total. The van der Waals surface area contributed by atoms with Crippen LogP contribution in [0.5, 0.6) is 0 Å². The van der Waals surface area contributed by atoms with Crippen molar-refractivity contribution in [2.75, 3.05) is 37.7 Å². The molecule has 1 saturated heterocycles. The van der Waals surface area contributed by atoms with E-state index in [2.05, 4.69) is 10.2 Å². The standard InChI is InChI=1S/C14H18FN3S/c15-14-8-12(10-16)7-13(9-14)11-17-1-2-18-3-5-19-6-4-18/h7-9,17H,1-6,11H2. The Morgan fingerprint density at radius 1 is 1.32 bits per heavy atom. The third-order valence-electron chi connectivity index (χ3n) is 3.12. The van der Waals surface area contributed by atoms with Gasteiger partial charge >= 0.3 is 0 Å². The van der Waals surface area contributed by atoms with Crippen LogP contribution in [-0.2, 0) is 6.54 Å². The van der Waals surface area contributed by atoms with E-state index < -0.39 is 0 Å². The van der Waals surface area contributed by atoms with Crippen molar-refractivity contribution < 1.29 is 4.39 Å². The fourth-order valence-corrected chi connectivity index (χ4v) is 3.09. The van der Waals surface area contributed by atoms with Gasteiger partial charge in [0, 0.05) is 44.2 Å². The lowest BCUT2D eigenvalue weighted by Crippen LogP contribution is -2.37. The van der Waals surface area contributed by atoms with E-state index in [4.69, 9.17) is 5.26 Å². The molecule has 0 radical (unpaired) electrons. The van der Waals surface area contributed by atoms with Gasteiger partial charge in [-0.2, -0.15) is 17.0 Å². The Hall–Kier alpha value is -1.09. The van der Waals surface area contributed by atoms with E-state index in [9.17, 15) is 4.39 Å². The predicted molar refractivity (Wildman–Crippen MR) is 76.6 cm³/mol. The summed E-state index contributed by atoms with van der Waals surface area (Å²) in [6, 6.07) is 6.44. The maximum atomic E-state index is 13.2. The van der Waals surface area contributed by atoms with Crippen LogP contribution < -0.4 is 5.32 Å². The molecule has 19 heavy (non-hydrogen) atoms. The van der Waals surface area contributed by atoms with Crippen LogP contribution in [0.25, 0.3) is 0 Å². The molecule has 0 unspecified atom stereocenters. The van der Waals surface area contributed by atoms with E-state index in [0.29, 0.717) is 12.1 Å². The van der Waals surface area contributed by atoms with E-state index >= 15 is 0 Å². The van der Waals surface area contributed by atoms with Crippen molar-refractivity contribution in [3.8, 4) is 6.07 Å². The molecule has 5 heteroatoms. The molecule has 3 nitrogen and oxygen atoms in total. The molecular formula is C14H18FN3S. The molecule has 1 aliphatic heterocycles. The highest BCUT2D eigenvalue weighted by molar-refractivity contribution is 7.99. The molecule has 0 aromatic heterocycles. The Morgan fingerprint density at radius 2 is 2.11 bits per heavy atom. The molecular weight excluding hydrogens is 261 g/mol. The molecule has 1 fully saturated rings. The summed E-state index contributed by atoms with van der Waals surface area (Å²) in [4.78, 5) is 2.44. The van der Waals surface area contributed by atoms with Crippen LogP contribution in [0.15, 0.2) is 18.2 Å². The van der Waals surface area contributed by atoms with Crippen LogP contribution in [0.2, 0.25) is 0 Å². The van der Waals surface area contributed by atoms with Gasteiger partial charge < -0.3 is 10.2 Å². The first kappa shape index (κ1) is 14.3. The molecule has 1 aliphatic rings. The topological polar surface area (TPSA) is 39.1 Å². The molecule has 2 rings (SSSR count). The average Bonchev–Trinajstić information content (AvgIpc) is 2.44. The number of benzene rings is 1. The zero-order valence-corrected chi connectivity index (χ0v) is 11.7. The van der Waals surface area contributed by atoms with E-state index in [1.165, 1.54) is 23.6 Å². The Bertz CT molecular complexity index is 452. The van der Waals surface area contributed by atoms with E-state index in [0.717, 1.165) is 31.7 Å². The van der Waals surface area contributed by atoms with Gasteiger partial charge in [-0.15, -0.1) is 0 Å². The second-order valence-electron chi connectivity index (χ2n) is 4.59. The van der Waals surface area contributed by atoms with Crippen LogP contribution in [0.3, 0.4) is 0 Å². The minimum absolute atomic E-state index is 0.344. The van der Waals surface area contributed by atoms with Crippen molar-refractivity contribution in [1.82, 2.24) is 10.2 Å². The summed E-state index contributed by atoms with van der Waals surface area (Å²) in [7, 11) is 0. The number of nitriles is 1. The number of nitrogens with one attached hydrogen (secondary N) is 1. The van der Waals surface area contributed by atoms with E-state index in [-0.39, 0.29) is 5.82 Å². The predicted octanol–water partition coefficient (Wildman–Crippen LogP) is 1.84. The van der Waals surface area contributed by atoms with Crippen molar-refractivity contribution in [3.63, 3.8) is 0 Å². The zero-order valence-electron chi connectivity index (χ0n) is 10.9. The maximum absolute atomic E-state index is 13.2. The quantitative estimate of drug-likeness (QED) is 0.835. The summed E-state index contributed by atoms with van der Waals surface area (Å²) < 4.78 is 13.2. The fourth-order valence-electron chi connectivity index (χ4n) is 2.11. The second kappa shape index (κ2) is 7.49. The highest BCUT2D eigenvalue weighted by Crippen LogP contribution is 2.09. The van der Waals surface area contributed by atoms with Crippen LogP contribution in [0.1, 0.15) is 11.1 Å². The molecule has 0 bridgehead atoms. The van der Waals surface area contributed by atoms with Gasteiger partial charge in [-0.25, -0.2) is 4.39 Å². The first-order chi connectivity index (χ1) is 9.28. The summed E-state index contributed by atoms with van der Waals surface area (Å²) in [6.07, 6.45) is 0. The normalized spacial score (nSPS) is 16.2. The summed E-state index contributed by atoms with van der Waals surface area (Å²) in [5, 5.41) is 12.1. The maximum Gasteiger partial charge on any atom is 0.124 e. The molecule has 0 spiro atoms. The molecule has 0 atom stereocenters. The Kier molecular flexibility index (Phi) is 5.64. The number of hydrogen-bond acceptors (Lipinski definition) is 4. The minimum Gasteiger partial charge on any atom is -0.311 e. The number of nitrogens with zero attached hydrogens (tertiary/aromatic N) is 2. The lowest BCUT2D eigenvalue weighted by Gasteiger charge is -2.26. The SMILES string of the molecule is N#Cc1cc(F)cc(CNCCN2CCSCC2)c1. The monoisotopic (exact) mass is 279 g/mol. The molecule has 1 aromatic carbocycles. The van der Waals surface area contributed by atoms with Crippen LogP contribution >= 0.6 is 11.8 Å². The van der Waals surface area contributed by atoms with Gasteiger partial charge in [-0.3, -0.25) is 0 Å². The Labute approximate surface area is 117 Å². The van der Waals surface area contributed by atoms with Crippen molar-refractivity contribution in [2.24, 2.45) is 0 Å². The van der Waals surface area contributed by atoms with Gasteiger partial charge in [-0.1, -0.05) is 0 Å². The fraction of sp³-hybridized carbons (Fsp3) is 0.500. The summed E-state index contributed by atoms with van der Waals surface area (Å²) in [5.41, 5.74) is 1.20. The van der Waals surface area contributed by atoms with Gasteiger partial charge in [0.05, 0.1) is 11.6 Å². The summed E-state index contributed by atoms with van der Waals surface area (Å²) in [5.74, 6) is 2.09. The molecule has 1 aromatic rings. The number of rotatable bonds is 5. The molecule has 102 valence electrons. The largest absolute Gasteiger partial charge is 0.311 e. The van der Waals surface area contributed by atoms with Crippen molar-refractivity contribution in [2.45, 2.75) is 6.54 Å². The summed E-state index contributed by atoms with van der Waals surface area (Å²) in [6.45, 7) is 4.84. The smallest absolute Gasteiger partial charge is 0.124 e.